The molecule has 0 saturated carbocycles. The maximum absolute atomic E-state index is 10.7. The lowest BCUT2D eigenvalue weighted by Gasteiger charge is -2.28. The molecular formula is C11H20O3. The van der Waals surface area contributed by atoms with Crippen LogP contribution in [0.3, 0.4) is 0 Å². The second-order valence-corrected chi connectivity index (χ2v) is 3.94. The van der Waals surface area contributed by atoms with Crippen LogP contribution in [-0.2, 0) is 14.3 Å². The first-order valence-corrected chi connectivity index (χ1v) is 5.51. The number of carbonyl (C=O) groups is 1. The van der Waals surface area contributed by atoms with E-state index in [1.165, 1.54) is 26.2 Å². The lowest BCUT2D eigenvalue weighted by Crippen LogP contribution is -2.29. The highest BCUT2D eigenvalue weighted by molar-refractivity contribution is 5.66. The normalized spacial score (nSPS) is 27.3. The summed E-state index contributed by atoms with van der Waals surface area (Å²) in [6.07, 6.45) is 5.42. The Balaban J connectivity index is 2.24. The lowest BCUT2D eigenvalue weighted by molar-refractivity contribution is -0.190. The van der Waals surface area contributed by atoms with Crippen LogP contribution in [0.25, 0.3) is 0 Å². The van der Waals surface area contributed by atoms with Gasteiger partial charge in [0.05, 0.1) is 6.61 Å². The minimum atomic E-state index is -0.289. The first-order valence-electron chi connectivity index (χ1n) is 5.51. The number of carbonyl (C=O) groups excluding carboxylic acids is 1. The molecule has 1 aliphatic rings. The molecule has 2 atom stereocenters. The zero-order valence-electron chi connectivity index (χ0n) is 9.12. The van der Waals surface area contributed by atoms with Crippen LogP contribution in [0.2, 0.25) is 0 Å². The number of hydrogen-bond acceptors (Lipinski definition) is 3. The molecule has 0 amide bonds. The summed E-state index contributed by atoms with van der Waals surface area (Å²) in [4.78, 5) is 10.7. The van der Waals surface area contributed by atoms with E-state index in [1.54, 1.807) is 0 Å². The van der Waals surface area contributed by atoms with Gasteiger partial charge < -0.3 is 9.47 Å². The van der Waals surface area contributed by atoms with Crippen molar-refractivity contribution in [1.82, 2.24) is 0 Å². The average molecular weight is 200 g/mol. The molecule has 1 rings (SSSR count). The fraction of sp³-hybridized carbons (Fsp3) is 0.909. The maximum Gasteiger partial charge on any atom is 0.304 e. The molecule has 0 bridgehead atoms. The van der Waals surface area contributed by atoms with E-state index in [0.717, 1.165) is 19.4 Å². The van der Waals surface area contributed by atoms with Crippen molar-refractivity contribution < 1.29 is 14.3 Å². The van der Waals surface area contributed by atoms with Crippen molar-refractivity contribution in [2.45, 2.75) is 52.2 Å². The molecule has 3 nitrogen and oxygen atoms in total. The first kappa shape index (κ1) is 11.5. The Kier molecular flexibility index (Phi) is 4.94. The molecule has 1 saturated heterocycles. The molecule has 0 spiro atoms. The van der Waals surface area contributed by atoms with Crippen LogP contribution in [0.1, 0.15) is 46.0 Å². The number of rotatable bonds is 4. The van der Waals surface area contributed by atoms with Gasteiger partial charge in [0.15, 0.2) is 0 Å². The number of hydrogen-bond donors (Lipinski definition) is 0. The predicted octanol–water partition coefficient (Wildman–Crippen LogP) is 2.49. The molecule has 2 unspecified atom stereocenters. The zero-order valence-corrected chi connectivity index (χ0v) is 9.12. The van der Waals surface area contributed by atoms with Crippen LogP contribution in [0.15, 0.2) is 0 Å². The average Bonchev–Trinajstić information content (AvgIpc) is 2.14. The third-order valence-electron chi connectivity index (χ3n) is 2.62. The highest BCUT2D eigenvalue weighted by Crippen LogP contribution is 2.25. The molecule has 0 aliphatic carbocycles. The molecule has 1 fully saturated rings. The number of ether oxygens (including phenoxy) is 2. The molecular weight excluding hydrogens is 180 g/mol. The third-order valence-corrected chi connectivity index (χ3v) is 2.62. The van der Waals surface area contributed by atoms with Crippen LogP contribution < -0.4 is 0 Å². The van der Waals surface area contributed by atoms with Crippen molar-refractivity contribution in [3.8, 4) is 0 Å². The first-order chi connectivity index (χ1) is 6.72. The van der Waals surface area contributed by atoms with Crippen molar-refractivity contribution in [2.24, 2.45) is 5.92 Å². The summed E-state index contributed by atoms with van der Waals surface area (Å²) in [6.45, 7) is 4.36. The van der Waals surface area contributed by atoms with E-state index in [9.17, 15) is 4.79 Å². The van der Waals surface area contributed by atoms with E-state index < -0.39 is 0 Å². The maximum atomic E-state index is 10.7. The van der Waals surface area contributed by atoms with Crippen molar-refractivity contribution in [3.63, 3.8) is 0 Å². The van der Waals surface area contributed by atoms with Crippen molar-refractivity contribution in [3.05, 3.63) is 0 Å². The van der Waals surface area contributed by atoms with Gasteiger partial charge in [0.2, 0.25) is 6.29 Å². The topological polar surface area (TPSA) is 35.5 Å². The molecule has 1 aliphatic heterocycles. The van der Waals surface area contributed by atoms with Gasteiger partial charge in [0.1, 0.15) is 0 Å². The van der Waals surface area contributed by atoms with Gasteiger partial charge in [-0.1, -0.05) is 26.2 Å². The molecule has 14 heavy (non-hydrogen) atoms. The van der Waals surface area contributed by atoms with Crippen molar-refractivity contribution >= 4 is 5.97 Å². The highest BCUT2D eigenvalue weighted by atomic mass is 16.7. The molecule has 3 heteroatoms. The van der Waals surface area contributed by atoms with Gasteiger partial charge in [0, 0.05) is 13.3 Å². The van der Waals surface area contributed by atoms with Gasteiger partial charge in [-0.05, 0) is 12.3 Å². The van der Waals surface area contributed by atoms with Crippen LogP contribution in [0, 0.1) is 5.92 Å². The Labute approximate surface area is 85.8 Å². The molecule has 0 aromatic heterocycles. The summed E-state index contributed by atoms with van der Waals surface area (Å²) in [5, 5.41) is 0. The van der Waals surface area contributed by atoms with E-state index in [4.69, 9.17) is 9.47 Å². The Hall–Kier alpha value is -0.570. The van der Waals surface area contributed by atoms with Crippen LogP contribution >= 0.6 is 0 Å². The summed E-state index contributed by atoms with van der Waals surface area (Å²) in [7, 11) is 0. The molecule has 82 valence electrons. The van der Waals surface area contributed by atoms with E-state index in [2.05, 4.69) is 6.92 Å². The van der Waals surface area contributed by atoms with Gasteiger partial charge in [-0.15, -0.1) is 0 Å². The minimum absolute atomic E-state index is 0.244. The Morgan fingerprint density at radius 1 is 1.57 bits per heavy atom. The molecule has 0 aromatic rings. The fourth-order valence-electron chi connectivity index (χ4n) is 1.85. The molecule has 1 heterocycles. The monoisotopic (exact) mass is 200 g/mol. The minimum Gasteiger partial charge on any atom is -0.436 e. The van der Waals surface area contributed by atoms with E-state index in [1.807, 2.05) is 0 Å². The van der Waals surface area contributed by atoms with Gasteiger partial charge in [-0.3, -0.25) is 4.79 Å². The summed E-state index contributed by atoms with van der Waals surface area (Å²) in [5.74, 6) is 0.430. The van der Waals surface area contributed by atoms with Crippen LogP contribution in [0.5, 0.6) is 0 Å². The molecule has 0 radical (unpaired) electrons. The van der Waals surface area contributed by atoms with Crippen LogP contribution in [-0.4, -0.2) is 18.9 Å². The third kappa shape index (κ3) is 4.09. The quantitative estimate of drug-likeness (QED) is 0.654. The smallest absolute Gasteiger partial charge is 0.304 e. The number of unbranched alkanes of at least 4 members (excludes halogenated alkanes) is 1. The predicted molar refractivity (Wildman–Crippen MR) is 53.8 cm³/mol. The van der Waals surface area contributed by atoms with Gasteiger partial charge in [-0.2, -0.15) is 0 Å². The van der Waals surface area contributed by atoms with Gasteiger partial charge in [-0.25, -0.2) is 0 Å². The SMILES string of the molecule is CCCCC1CCOC(OC(C)=O)C1. The highest BCUT2D eigenvalue weighted by Gasteiger charge is 2.23. The number of esters is 1. The lowest BCUT2D eigenvalue weighted by atomic mass is 9.93. The Morgan fingerprint density at radius 2 is 2.36 bits per heavy atom. The van der Waals surface area contributed by atoms with E-state index in [-0.39, 0.29) is 12.3 Å². The van der Waals surface area contributed by atoms with E-state index in [0.29, 0.717) is 5.92 Å². The fourth-order valence-corrected chi connectivity index (χ4v) is 1.85. The summed E-state index contributed by atoms with van der Waals surface area (Å²) < 4.78 is 10.4. The summed E-state index contributed by atoms with van der Waals surface area (Å²) in [6, 6.07) is 0. The summed E-state index contributed by atoms with van der Waals surface area (Å²) in [5.41, 5.74) is 0. The largest absolute Gasteiger partial charge is 0.436 e. The molecule has 0 aromatic carbocycles. The van der Waals surface area contributed by atoms with Crippen molar-refractivity contribution in [1.29, 1.82) is 0 Å². The summed E-state index contributed by atoms with van der Waals surface area (Å²) >= 11 is 0. The van der Waals surface area contributed by atoms with Crippen LogP contribution in [0.4, 0.5) is 0 Å². The van der Waals surface area contributed by atoms with E-state index >= 15 is 0 Å². The van der Waals surface area contributed by atoms with Gasteiger partial charge in [0.25, 0.3) is 0 Å². The zero-order chi connectivity index (χ0) is 10.4. The Morgan fingerprint density at radius 3 is 3.00 bits per heavy atom. The van der Waals surface area contributed by atoms with Crippen molar-refractivity contribution in [2.75, 3.05) is 6.61 Å². The second kappa shape index (κ2) is 6.02. The van der Waals surface area contributed by atoms with Gasteiger partial charge >= 0.3 is 5.97 Å². The standard InChI is InChI=1S/C11H20O3/c1-3-4-5-10-6-7-13-11(8-10)14-9(2)12/h10-11H,3-8H2,1-2H3. The Bertz CT molecular complexity index is 179. The molecule has 0 N–H and O–H groups in total. The second-order valence-electron chi connectivity index (χ2n) is 3.94.